The average molecular weight is 297 g/mol. The van der Waals surface area contributed by atoms with Gasteiger partial charge in [-0.3, -0.25) is 4.79 Å². The van der Waals surface area contributed by atoms with Crippen LogP contribution in [0.25, 0.3) is 0 Å². The lowest BCUT2D eigenvalue weighted by molar-refractivity contribution is 0.0497. The molecule has 0 spiro atoms. The standard InChI is InChI=1S/C15H21ClN2O2/c1-17-14-4-3-12(16)9-13(14)15(19)18(2)10-11-5-7-20-8-6-11/h3-4,9,11,17H,5-8,10H2,1-2H3. The third-order valence-corrected chi connectivity index (χ3v) is 3.94. The van der Waals surface area contributed by atoms with Gasteiger partial charge in [0.25, 0.3) is 5.91 Å². The van der Waals surface area contributed by atoms with Gasteiger partial charge in [-0.2, -0.15) is 0 Å². The Balaban J connectivity index is 2.07. The van der Waals surface area contributed by atoms with Crippen molar-refractivity contribution in [1.29, 1.82) is 0 Å². The van der Waals surface area contributed by atoms with Crippen molar-refractivity contribution in [3.05, 3.63) is 28.8 Å². The molecule has 0 aliphatic carbocycles. The van der Waals surface area contributed by atoms with Crippen LogP contribution >= 0.6 is 11.6 Å². The molecule has 1 N–H and O–H groups in total. The highest BCUT2D eigenvalue weighted by Crippen LogP contribution is 2.23. The van der Waals surface area contributed by atoms with Crippen molar-refractivity contribution in [3.8, 4) is 0 Å². The van der Waals surface area contributed by atoms with E-state index in [0.29, 0.717) is 16.5 Å². The Kier molecular flexibility index (Phi) is 5.26. The molecule has 1 fully saturated rings. The highest BCUT2D eigenvalue weighted by Gasteiger charge is 2.21. The second kappa shape index (κ2) is 6.95. The zero-order valence-corrected chi connectivity index (χ0v) is 12.7. The molecule has 2 rings (SSSR count). The van der Waals surface area contributed by atoms with E-state index in [-0.39, 0.29) is 5.91 Å². The van der Waals surface area contributed by atoms with E-state index in [9.17, 15) is 4.79 Å². The maximum Gasteiger partial charge on any atom is 0.255 e. The van der Waals surface area contributed by atoms with E-state index in [0.717, 1.165) is 38.3 Å². The van der Waals surface area contributed by atoms with Gasteiger partial charge < -0.3 is 15.0 Å². The smallest absolute Gasteiger partial charge is 0.255 e. The van der Waals surface area contributed by atoms with Gasteiger partial charge in [-0.05, 0) is 37.0 Å². The predicted octanol–water partition coefficient (Wildman–Crippen LogP) is 2.88. The third kappa shape index (κ3) is 3.64. The van der Waals surface area contributed by atoms with E-state index >= 15 is 0 Å². The van der Waals surface area contributed by atoms with Crippen LogP contribution in [0.3, 0.4) is 0 Å². The number of anilines is 1. The zero-order chi connectivity index (χ0) is 14.5. The van der Waals surface area contributed by atoms with Gasteiger partial charge in [-0.15, -0.1) is 0 Å². The van der Waals surface area contributed by atoms with Crippen molar-refractivity contribution in [3.63, 3.8) is 0 Å². The molecule has 0 unspecified atom stereocenters. The summed E-state index contributed by atoms with van der Waals surface area (Å²) < 4.78 is 5.35. The molecule has 1 aromatic carbocycles. The van der Waals surface area contributed by atoms with Crippen molar-refractivity contribution in [2.75, 3.05) is 39.2 Å². The molecule has 1 aliphatic rings. The summed E-state index contributed by atoms with van der Waals surface area (Å²) in [5, 5.41) is 3.61. The summed E-state index contributed by atoms with van der Waals surface area (Å²) >= 11 is 6.00. The van der Waals surface area contributed by atoms with Crippen LogP contribution in [0.4, 0.5) is 5.69 Å². The summed E-state index contributed by atoms with van der Waals surface area (Å²) in [5.74, 6) is 0.526. The number of ether oxygens (including phenoxy) is 1. The second-order valence-electron chi connectivity index (χ2n) is 5.18. The molecular weight excluding hydrogens is 276 g/mol. The van der Waals surface area contributed by atoms with Crippen LogP contribution in [0.5, 0.6) is 0 Å². The number of rotatable bonds is 4. The summed E-state index contributed by atoms with van der Waals surface area (Å²) in [6, 6.07) is 5.33. The molecule has 0 saturated carbocycles. The van der Waals surface area contributed by atoms with Gasteiger partial charge >= 0.3 is 0 Å². The van der Waals surface area contributed by atoms with Gasteiger partial charge in [0.05, 0.1) is 5.56 Å². The molecule has 110 valence electrons. The van der Waals surface area contributed by atoms with Gasteiger partial charge in [0, 0.05) is 44.6 Å². The maximum atomic E-state index is 12.5. The van der Waals surface area contributed by atoms with E-state index in [1.54, 1.807) is 24.1 Å². The van der Waals surface area contributed by atoms with Crippen molar-refractivity contribution in [2.24, 2.45) is 5.92 Å². The number of hydrogen-bond donors (Lipinski definition) is 1. The molecule has 1 aromatic rings. The van der Waals surface area contributed by atoms with E-state index < -0.39 is 0 Å². The van der Waals surface area contributed by atoms with Gasteiger partial charge in [0.2, 0.25) is 0 Å². The topological polar surface area (TPSA) is 41.6 Å². The van der Waals surface area contributed by atoms with Crippen LogP contribution in [0.2, 0.25) is 5.02 Å². The molecule has 0 aromatic heterocycles. The molecule has 0 atom stereocenters. The number of carbonyl (C=O) groups is 1. The number of halogens is 1. The van der Waals surface area contributed by atoms with E-state index in [1.165, 1.54) is 0 Å². The molecule has 4 nitrogen and oxygen atoms in total. The molecule has 1 saturated heterocycles. The summed E-state index contributed by atoms with van der Waals surface area (Å²) in [6.45, 7) is 2.36. The first-order chi connectivity index (χ1) is 9.61. The van der Waals surface area contributed by atoms with E-state index in [4.69, 9.17) is 16.3 Å². The minimum atomic E-state index is 0.00309. The number of hydrogen-bond acceptors (Lipinski definition) is 3. The molecule has 1 amide bonds. The van der Waals surface area contributed by atoms with Crippen LogP contribution in [0.1, 0.15) is 23.2 Å². The highest BCUT2D eigenvalue weighted by atomic mass is 35.5. The van der Waals surface area contributed by atoms with Crippen LogP contribution < -0.4 is 5.32 Å². The molecule has 0 bridgehead atoms. The van der Waals surface area contributed by atoms with Gasteiger partial charge in [0.15, 0.2) is 0 Å². The van der Waals surface area contributed by atoms with E-state index in [2.05, 4.69) is 5.32 Å². The van der Waals surface area contributed by atoms with Gasteiger partial charge in [0.1, 0.15) is 0 Å². The SMILES string of the molecule is CNc1ccc(Cl)cc1C(=O)N(C)CC1CCOCC1. The molecular formula is C15H21ClN2O2. The molecule has 0 radical (unpaired) electrons. The van der Waals surface area contributed by atoms with Crippen molar-refractivity contribution >= 4 is 23.2 Å². The Hall–Kier alpha value is -1.26. The fraction of sp³-hybridized carbons (Fsp3) is 0.533. The van der Waals surface area contributed by atoms with Crippen LogP contribution in [0.15, 0.2) is 18.2 Å². The predicted molar refractivity (Wildman–Crippen MR) is 81.5 cm³/mol. The summed E-state index contributed by atoms with van der Waals surface area (Å²) in [7, 11) is 3.65. The fourth-order valence-corrected chi connectivity index (χ4v) is 2.69. The minimum Gasteiger partial charge on any atom is -0.387 e. The Morgan fingerprint density at radius 1 is 1.45 bits per heavy atom. The number of nitrogens with zero attached hydrogens (tertiary/aromatic N) is 1. The highest BCUT2D eigenvalue weighted by molar-refractivity contribution is 6.31. The lowest BCUT2D eigenvalue weighted by Gasteiger charge is -2.27. The molecule has 20 heavy (non-hydrogen) atoms. The molecule has 1 heterocycles. The summed E-state index contributed by atoms with van der Waals surface area (Å²) in [6.07, 6.45) is 2.04. The van der Waals surface area contributed by atoms with Crippen LogP contribution in [-0.4, -0.2) is 44.7 Å². The molecule has 5 heteroatoms. The first-order valence-electron chi connectivity index (χ1n) is 6.92. The quantitative estimate of drug-likeness (QED) is 0.929. The Bertz CT molecular complexity index is 473. The number of nitrogens with one attached hydrogen (secondary N) is 1. The number of amides is 1. The summed E-state index contributed by atoms with van der Waals surface area (Å²) in [5.41, 5.74) is 1.42. The molecule has 1 aliphatic heterocycles. The minimum absolute atomic E-state index is 0.00309. The van der Waals surface area contributed by atoms with Gasteiger partial charge in [-0.25, -0.2) is 0 Å². The largest absolute Gasteiger partial charge is 0.387 e. The lowest BCUT2D eigenvalue weighted by atomic mass is 9.99. The normalized spacial score (nSPS) is 15.9. The van der Waals surface area contributed by atoms with Crippen molar-refractivity contribution < 1.29 is 9.53 Å². The number of carbonyl (C=O) groups excluding carboxylic acids is 1. The maximum absolute atomic E-state index is 12.5. The fourth-order valence-electron chi connectivity index (χ4n) is 2.52. The van der Waals surface area contributed by atoms with Crippen molar-refractivity contribution in [1.82, 2.24) is 4.90 Å². The van der Waals surface area contributed by atoms with E-state index in [1.807, 2.05) is 13.1 Å². The van der Waals surface area contributed by atoms with Crippen LogP contribution in [0, 0.1) is 5.92 Å². The van der Waals surface area contributed by atoms with Gasteiger partial charge in [-0.1, -0.05) is 11.6 Å². The Morgan fingerprint density at radius 2 is 2.15 bits per heavy atom. The second-order valence-corrected chi connectivity index (χ2v) is 5.62. The Morgan fingerprint density at radius 3 is 2.80 bits per heavy atom. The Labute approximate surface area is 125 Å². The lowest BCUT2D eigenvalue weighted by Crippen LogP contribution is -2.34. The van der Waals surface area contributed by atoms with Crippen molar-refractivity contribution in [2.45, 2.75) is 12.8 Å². The first kappa shape index (κ1) is 15.1. The first-order valence-corrected chi connectivity index (χ1v) is 7.30. The third-order valence-electron chi connectivity index (χ3n) is 3.70. The zero-order valence-electron chi connectivity index (χ0n) is 12.0. The average Bonchev–Trinajstić information content (AvgIpc) is 2.47. The number of benzene rings is 1. The summed E-state index contributed by atoms with van der Waals surface area (Å²) in [4.78, 5) is 14.3. The van der Waals surface area contributed by atoms with Crippen LogP contribution in [-0.2, 0) is 4.74 Å². The monoisotopic (exact) mass is 296 g/mol.